The number of fused-ring (bicyclic) bond motifs is 11. The van der Waals surface area contributed by atoms with E-state index in [1.165, 1.54) is 82.7 Å². The summed E-state index contributed by atoms with van der Waals surface area (Å²) in [6, 6.07) is 23.2. The molecule has 57 heavy (non-hydrogen) atoms. The number of hydrogen-bond donors (Lipinski definition) is 0. The van der Waals surface area contributed by atoms with Crippen molar-refractivity contribution in [1.82, 2.24) is 4.57 Å². The third-order valence-electron chi connectivity index (χ3n) is 14.1. The molecule has 6 aliphatic carbocycles. The Morgan fingerprint density at radius 3 is 2.39 bits per heavy atom. The van der Waals surface area contributed by atoms with Gasteiger partial charge in [0.2, 0.25) is 0 Å². The molecule has 4 aromatic carbocycles. The van der Waals surface area contributed by atoms with E-state index < -0.39 is 0 Å². The molecule has 0 saturated heterocycles. The average Bonchev–Trinajstić information content (AvgIpc) is 3.76. The zero-order valence-electron chi connectivity index (χ0n) is 32.0. The van der Waals surface area contributed by atoms with Crippen LogP contribution >= 0.6 is 11.8 Å². The molecule has 0 fully saturated rings. The van der Waals surface area contributed by atoms with Crippen LogP contribution in [0.2, 0.25) is 0 Å². The fourth-order valence-corrected chi connectivity index (χ4v) is 13.2. The maximum absolute atomic E-state index is 6.13. The first kappa shape index (κ1) is 32.4. The highest BCUT2D eigenvalue weighted by Crippen LogP contribution is 2.55. The predicted molar refractivity (Wildman–Crippen MR) is 243 cm³/mol. The molecule has 0 bridgehead atoms. The van der Waals surface area contributed by atoms with Crippen LogP contribution in [0.3, 0.4) is 0 Å². The maximum atomic E-state index is 6.13. The number of aromatic nitrogens is 1. The van der Waals surface area contributed by atoms with Crippen molar-refractivity contribution in [3.63, 3.8) is 0 Å². The second-order valence-electron chi connectivity index (χ2n) is 17.1. The third-order valence-corrected chi connectivity index (χ3v) is 15.7. The van der Waals surface area contributed by atoms with Gasteiger partial charge in [0.05, 0.1) is 17.1 Å². The third kappa shape index (κ3) is 4.47. The van der Waals surface area contributed by atoms with E-state index in [1.54, 1.807) is 4.91 Å². The maximum Gasteiger partial charge on any atom is 0.137 e. The lowest BCUT2D eigenvalue weighted by atomic mass is 9.71. The molecule has 0 N–H and O–H groups in total. The molecule has 2 aliphatic heterocycles. The minimum Gasteiger partial charge on any atom is -0.293 e. The Morgan fingerprint density at radius 2 is 1.47 bits per heavy atom. The van der Waals surface area contributed by atoms with Crippen LogP contribution in [0.25, 0.3) is 60.9 Å². The summed E-state index contributed by atoms with van der Waals surface area (Å²) in [5.41, 5.74) is 14.9. The first-order valence-corrected chi connectivity index (χ1v) is 21.9. The second-order valence-corrected chi connectivity index (χ2v) is 18.3. The smallest absolute Gasteiger partial charge is 0.137 e. The number of thioether (sulfide) groups is 1. The minimum atomic E-state index is 0.0129. The summed E-state index contributed by atoms with van der Waals surface area (Å²) >= 11 is 2.11. The first-order chi connectivity index (χ1) is 28.2. The number of rotatable bonds is 1. The Morgan fingerprint density at radius 1 is 0.684 bits per heavy atom. The molecule has 0 saturated carbocycles. The SMILES string of the molecule is CC1CC=Cc2c1c1c3c4c(cccc24)-c2ccccc2-c2cccc(c23)n1C1=NC2C=CC3C=CC=CC3C2C=CC=C1C1C=CC=C2C3=C(CCC=C3)SC21. The summed E-state index contributed by atoms with van der Waals surface area (Å²) < 4.78 is 2.67. The van der Waals surface area contributed by atoms with E-state index in [-0.39, 0.29) is 17.9 Å². The van der Waals surface area contributed by atoms with Gasteiger partial charge < -0.3 is 0 Å². The number of allylic oxidation sites excluding steroid dienone is 16. The summed E-state index contributed by atoms with van der Waals surface area (Å²) in [5, 5.41) is 5.79. The molecule has 7 unspecified atom stereocenters. The van der Waals surface area contributed by atoms with Crippen molar-refractivity contribution < 1.29 is 0 Å². The Kier molecular flexibility index (Phi) is 6.93. The van der Waals surface area contributed by atoms with Crippen molar-refractivity contribution in [2.45, 2.75) is 43.4 Å². The van der Waals surface area contributed by atoms with Crippen molar-refractivity contribution in [3.05, 3.63) is 185 Å². The van der Waals surface area contributed by atoms with Crippen LogP contribution in [0.4, 0.5) is 0 Å². The molecule has 13 rings (SSSR count). The first-order valence-electron chi connectivity index (χ1n) is 21.0. The molecule has 3 heterocycles. The summed E-state index contributed by atoms with van der Waals surface area (Å²) in [5.74, 6) is 2.68. The van der Waals surface area contributed by atoms with Crippen LogP contribution in [0.15, 0.2) is 178 Å². The van der Waals surface area contributed by atoms with Crippen molar-refractivity contribution in [2.75, 3.05) is 0 Å². The highest BCUT2D eigenvalue weighted by atomic mass is 32.2. The topological polar surface area (TPSA) is 17.3 Å². The van der Waals surface area contributed by atoms with Crippen molar-refractivity contribution in [1.29, 1.82) is 0 Å². The van der Waals surface area contributed by atoms with E-state index in [2.05, 4.69) is 181 Å². The van der Waals surface area contributed by atoms with Crippen molar-refractivity contribution in [2.24, 2.45) is 28.7 Å². The standard InChI is InChI=1S/C54H42N2S/c1-31-13-8-20-40-41-22-10-21-38-34-16-4-5-17-35(34)39-23-12-27-46-50(39)51(49(38)41)52(48(31)40)56(46)54-44(43-25-11-24-42-37-18-6-7-28-47(37)57-53(42)43)26-9-19-36-33-15-3-2-14-32(33)29-30-45(36)55-54/h2-6,8-12,14-27,29-33,36,43,45,53H,7,13,28H2,1H3. The van der Waals surface area contributed by atoms with Crippen LogP contribution in [-0.2, 0) is 0 Å². The van der Waals surface area contributed by atoms with Crippen LogP contribution in [-0.4, -0.2) is 21.7 Å². The highest BCUT2D eigenvalue weighted by Gasteiger charge is 2.41. The summed E-state index contributed by atoms with van der Waals surface area (Å²) in [6.07, 6.45) is 41.5. The van der Waals surface area contributed by atoms with E-state index >= 15 is 0 Å². The molecule has 2 nitrogen and oxygen atoms in total. The normalized spacial score (nSPS) is 28.4. The Balaban J connectivity index is 1.16. The molecule has 274 valence electrons. The quantitative estimate of drug-likeness (QED) is 0.153. The number of benzene rings is 4. The molecular weight excluding hydrogens is 709 g/mol. The molecule has 1 aromatic heterocycles. The van der Waals surface area contributed by atoms with Gasteiger partial charge in [-0.05, 0) is 92.0 Å². The fraction of sp³-hybridized carbons (Fsp3) is 0.204. The number of aliphatic imine (C=N–C) groups is 1. The van der Waals surface area contributed by atoms with Crippen molar-refractivity contribution >= 4 is 56.3 Å². The van der Waals surface area contributed by atoms with Gasteiger partial charge in [-0.1, -0.05) is 159 Å². The van der Waals surface area contributed by atoms with Crippen LogP contribution < -0.4 is 0 Å². The second kappa shape index (κ2) is 12.2. The molecule has 0 radical (unpaired) electrons. The Hall–Kier alpha value is -5.64. The monoisotopic (exact) mass is 750 g/mol. The lowest BCUT2D eigenvalue weighted by molar-refractivity contribution is 0.366. The molecule has 5 aromatic rings. The molecule has 0 spiro atoms. The zero-order chi connectivity index (χ0) is 37.4. The van der Waals surface area contributed by atoms with Gasteiger partial charge in [-0.25, -0.2) is 0 Å². The zero-order valence-corrected chi connectivity index (χ0v) is 32.8. The van der Waals surface area contributed by atoms with Gasteiger partial charge in [0.15, 0.2) is 0 Å². The molecule has 7 atom stereocenters. The van der Waals surface area contributed by atoms with E-state index in [0.29, 0.717) is 23.0 Å². The number of hydrogen-bond acceptors (Lipinski definition) is 2. The van der Waals surface area contributed by atoms with Gasteiger partial charge in [0, 0.05) is 44.7 Å². The van der Waals surface area contributed by atoms with Gasteiger partial charge in [0.1, 0.15) is 5.84 Å². The molecular formula is C54H42N2S. The highest BCUT2D eigenvalue weighted by molar-refractivity contribution is 8.04. The summed E-state index contributed by atoms with van der Waals surface area (Å²) in [6.45, 7) is 2.44. The van der Waals surface area contributed by atoms with Crippen molar-refractivity contribution in [3.8, 4) is 22.3 Å². The molecule has 3 heteroatoms. The van der Waals surface area contributed by atoms with Gasteiger partial charge in [-0.3, -0.25) is 9.56 Å². The minimum absolute atomic E-state index is 0.0129. The Bertz CT molecular complexity index is 3010. The lowest BCUT2D eigenvalue weighted by Gasteiger charge is -2.37. The largest absolute Gasteiger partial charge is 0.293 e. The Labute approximate surface area is 338 Å². The summed E-state index contributed by atoms with van der Waals surface area (Å²) in [7, 11) is 0. The van der Waals surface area contributed by atoms with Gasteiger partial charge in [-0.2, -0.15) is 0 Å². The van der Waals surface area contributed by atoms with Gasteiger partial charge in [-0.15, -0.1) is 11.8 Å². The molecule has 0 amide bonds. The van der Waals surface area contributed by atoms with Gasteiger partial charge in [0.25, 0.3) is 0 Å². The summed E-state index contributed by atoms with van der Waals surface area (Å²) in [4.78, 5) is 7.68. The van der Waals surface area contributed by atoms with Gasteiger partial charge >= 0.3 is 0 Å². The van der Waals surface area contributed by atoms with E-state index in [4.69, 9.17) is 4.99 Å². The fourth-order valence-electron chi connectivity index (χ4n) is 11.7. The molecule has 8 aliphatic rings. The van der Waals surface area contributed by atoms with Crippen LogP contribution in [0.5, 0.6) is 0 Å². The number of nitrogens with zero attached hydrogens (tertiary/aromatic N) is 2. The predicted octanol–water partition coefficient (Wildman–Crippen LogP) is 13.6. The van der Waals surface area contributed by atoms with Crippen LogP contribution in [0, 0.1) is 23.7 Å². The lowest BCUT2D eigenvalue weighted by Crippen LogP contribution is -2.35. The van der Waals surface area contributed by atoms with E-state index in [0.717, 1.165) is 25.1 Å². The van der Waals surface area contributed by atoms with Crippen LogP contribution in [0.1, 0.15) is 43.2 Å². The average molecular weight is 751 g/mol. The van der Waals surface area contributed by atoms with E-state index in [9.17, 15) is 0 Å². The van der Waals surface area contributed by atoms with E-state index in [1.807, 2.05) is 0 Å².